The highest BCUT2D eigenvalue weighted by Crippen LogP contribution is 2.29. The maximum Gasteiger partial charge on any atom is 0.353 e. The van der Waals surface area contributed by atoms with Crippen molar-refractivity contribution in [1.29, 1.82) is 0 Å². The Hall–Kier alpha value is -2.83. The van der Waals surface area contributed by atoms with E-state index in [1.54, 1.807) is 42.6 Å². The molecule has 0 aliphatic heterocycles. The summed E-state index contributed by atoms with van der Waals surface area (Å²) in [5.74, 6) is 0.374. The van der Waals surface area contributed by atoms with Crippen LogP contribution in [-0.2, 0) is 0 Å². The summed E-state index contributed by atoms with van der Waals surface area (Å²) in [6, 6.07) is 16.0. The molecule has 0 saturated carbocycles. The van der Waals surface area contributed by atoms with Gasteiger partial charge in [-0.15, -0.1) is 11.3 Å². The van der Waals surface area contributed by atoms with E-state index in [4.69, 9.17) is 21.1 Å². The van der Waals surface area contributed by atoms with Crippen molar-refractivity contribution in [2.45, 2.75) is 0 Å². The highest BCUT2D eigenvalue weighted by molar-refractivity contribution is 7.12. The van der Waals surface area contributed by atoms with E-state index in [2.05, 4.69) is 10.5 Å². The molecule has 132 valence electrons. The zero-order chi connectivity index (χ0) is 18.4. The molecule has 1 N–H and O–H groups in total. The molecule has 5 nitrogen and oxygen atoms in total. The summed E-state index contributed by atoms with van der Waals surface area (Å²) in [6.07, 6.45) is 1.62. The minimum atomic E-state index is -0.417. The highest BCUT2D eigenvalue weighted by atomic mass is 35.5. The van der Waals surface area contributed by atoms with Crippen molar-refractivity contribution in [3.8, 4) is 11.5 Å². The monoisotopic (exact) mass is 386 g/mol. The number of nitrogens with zero attached hydrogens (tertiary/aromatic N) is 1. The maximum absolute atomic E-state index is 12.1. The fourth-order valence-electron chi connectivity index (χ4n) is 2.12. The summed E-state index contributed by atoms with van der Waals surface area (Å²) in [4.78, 5) is 12.6. The summed E-state index contributed by atoms with van der Waals surface area (Å²) < 4.78 is 10.7. The van der Waals surface area contributed by atoms with Gasteiger partial charge in [0.25, 0.3) is 0 Å². The third-order valence-electron chi connectivity index (χ3n) is 3.39. The number of rotatable bonds is 6. The van der Waals surface area contributed by atoms with Gasteiger partial charge < -0.3 is 9.47 Å². The molecule has 0 aliphatic carbocycles. The summed E-state index contributed by atoms with van der Waals surface area (Å²) >= 11 is 7.38. The molecule has 0 atom stereocenters. The lowest BCUT2D eigenvalue weighted by Gasteiger charge is -2.09. The lowest BCUT2D eigenvalue weighted by Crippen LogP contribution is -2.07. The van der Waals surface area contributed by atoms with Gasteiger partial charge in [-0.05, 0) is 47.3 Å². The molecule has 2 aromatic carbocycles. The second kappa shape index (κ2) is 8.51. The Labute approximate surface area is 159 Å². The molecule has 0 unspecified atom stereocenters. The number of halogens is 1. The zero-order valence-electron chi connectivity index (χ0n) is 13.8. The first-order chi connectivity index (χ1) is 12.7. The molecule has 1 heterocycles. The molecule has 0 spiro atoms. The van der Waals surface area contributed by atoms with E-state index < -0.39 is 5.97 Å². The number of para-hydroxylation sites is 1. The van der Waals surface area contributed by atoms with Gasteiger partial charge in [0.15, 0.2) is 11.5 Å². The van der Waals surface area contributed by atoms with Crippen LogP contribution >= 0.6 is 22.9 Å². The normalized spacial score (nSPS) is 10.7. The first-order valence-corrected chi connectivity index (χ1v) is 8.90. The predicted molar refractivity (Wildman–Crippen MR) is 105 cm³/mol. The van der Waals surface area contributed by atoms with Gasteiger partial charge in [0.2, 0.25) is 0 Å². The molecule has 1 aromatic heterocycles. The Morgan fingerprint density at radius 2 is 2.00 bits per heavy atom. The third kappa shape index (κ3) is 4.41. The van der Waals surface area contributed by atoms with Crippen LogP contribution in [-0.4, -0.2) is 19.3 Å². The molecule has 7 heteroatoms. The van der Waals surface area contributed by atoms with E-state index in [1.165, 1.54) is 18.4 Å². The van der Waals surface area contributed by atoms with Gasteiger partial charge in [0.05, 0.1) is 24.0 Å². The first-order valence-electron chi connectivity index (χ1n) is 7.64. The molecule has 3 aromatic rings. The van der Waals surface area contributed by atoms with Gasteiger partial charge in [-0.2, -0.15) is 5.10 Å². The largest absolute Gasteiger partial charge is 0.493 e. The minimum Gasteiger partial charge on any atom is -0.493 e. The zero-order valence-corrected chi connectivity index (χ0v) is 15.4. The van der Waals surface area contributed by atoms with E-state index in [-0.39, 0.29) is 0 Å². The molecule has 3 rings (SSSR count). The van der Waals surface area contributed by atoms with E-state index in [0.717, 1.165) is 5.56 Å². The van der Waals surface area contributed by atoms with Crippen LogP contribution in [0.25, 0.3) is 0 Å². The van der Waals surface area contributed by atoms with Gasteiger partial charge in [0, 0.05) is 0 Å². The molecule has 0 bridgehead atoms. The number of thiophene rings is 1. The fraction of sp³-hybridized carbons (Fsp3) is 0.0526. The summed E-state index contributed by atoms with van der Waals surface area (Å²) in [7, 11) is 1.51. The van der Waals surface area contributed by atoms with Gasteiger partial charge >= 0.3 is 5.97 Å². The minimum absolute atomic E-state index is 0.349. The standard InChI is InChI=1S/C19H15ClN2O3S/c1-24-17-11-13(12-21-22-15-6-3-2-5-14(15)20)8-9-16(17)25-19(23)18-7-4-10-26-18/h2-12,22H,1H3/b21-12-. The number of esters is 1. The lowest BCUT2D eigenvalue weighted by molar-refractivity contribution is 0.0735. The van der Waals surface area contributed by atoms with E-state index in [1.807, 2.05) is 23.6 Å². The second-order valence-corrected chi connectivity index (χ2v) is 6.48. The smallest absolute Gasteiger partial charge is 0.353 e. The first kappa shape index (κ1) is 18.0. The van der Waals surface area contributed by atoms with E-state index in [0.29, 0.717) is 27.1 Å². The van der Waals surface area contributed by atoms with Crippen LogP contribution in [0.15, 0.2) is 65.1 Å². The van der Waals surface area contributed by atoms with Gasteiger partial charge in [0.1, 0.15) is 4.88 Å². The number of nitrogens with one attached hydrogen (secondary N) is 1. The van der Waals surface area contributed by atoms with Crippen LogP contribution in [0, 0.1) is 0 Å². The summed E-state index contributed by atoms with van der Waals surface area (Å²) in [5.41, 5.74) is 4.36. The second-order valence-electron chi connectivity index (χ2n) is 5.13. The average Bonchev–Trinajstić information content (AvgIpc) is 3.19. The van der Waals surface area contributed by atoms with Crippen molar-refractivity contribution in [2.24, 2.45) is 5.10 Å². The van der Waals surface area contributed by atoms with Crippen LogP contribution in [0.5, 0.6) is 11.5 Å². The van der Waals surface area contributed by atoms with Crippen LogP contribution in [0.2, 0.25) is 5.02 Å². The molecule has 0 saturated heterocycles. The van der Waals surface area contributed by atoms with Crippen LogP contribution in [0.1, 0.15) is 15.2 Å². The van der Waals surface area contributed by atoms with Crippen LogP contribution in [0.3, 0.4) is 0 Å². The van der Waals surface area contributed by atoms with Gasteiger partial charge in [-0.1, -0.05) is 29.8 Å². The molecule has 0 fully saturated rings. The number of carbonyl (C=O) groups is 1. The molecule has 0 amide bonds. The summed E-state index contributed by atoms with van der Waals surface area (Å²) in [5, 5.41) is 6.56. The van der Waals surface area contributed by atoms with Crippen molar-refractivity contribution in [3.05, 3.63) is 75.4 Å². The molecular weight excluding hydrogens is 372 g/mol. The van der Waals surface area contributed by atoms with E-state index in [9.17, 15) is 4.79 Å². The van der Waals surface area contributed by atoms with Crippen molar-refractivity contribution < 1.29 is 14.3 Å². The van der Waals surface area contributed by atoms with Gasteiger partial charge in [-0.25, -0.2) is 4.79 Å². The SMILES string of the molecule is COc1cc(/C=N\Nc2ccccc2Cl)ccc1OC(=O)c1cccs1. The number of ether oxygens (including phenoxy) is 2. The molecule has 26 heavy (non-hydrogen) atoms. The van der Waals surface area contributed by atoms with Gasteiger partial charge in [-0.3, -0.25) is 5.43 Å². The van der Waals surface area contributed by atoms with Crippen LogP contribution in [0.4, 0.5) is 5.69 Å². The molecular formula is C19H15ClN2O3S. The number of hydrogen-bond acceptors (Lipinski definition) is 6. The fourth-order valence-corrected chi connectivity index (χ4v) is 2.90. The van der Waals surface area contributed by atoms with Crippen LogP contribution < -0.4 is 14.9 Å². The Morgan fingerprint density at radius 1 is 1.15 bits per heavy atom. The van der Waals surface area contributed by atoms with Crippen molar-refractivity contribution >= 4 is 40.8 Å². The Kier molecular flexibility index (Phi) is 5.88. The third-order valence-corrected chi connectivity index (χ3v) is 4.56. The average molecular weight is 387 g/mol. The van der Waals surface area contributed by atoms with Crippen molar-refractivity contribution in [1.82, 2.24) is 0 Å². The number of hydrogen-bond donors (Lipinski definition) is 1. The maximum atomic E-state index is 12.1. The Balaban J connectivity index is 1.71. The highest BCUT2D eigenvalue weighted by Gasteiger charge is 2.13. The Morgan fingerprint density at radius 3 is 2.73 bits per heavy atom. The van der Waals surface area contributed by atoms with Crippen molar-refractivity contribution in [2.75, 3.05) is 12.5 Å². The molecule has 0 radical (unpaired) electrons. The number of benzene rings is 2. The predicted octanol–water partition coefficient (Wildman–Crippen LogP) is 5.08. The number of carbonyl (C=O) groups excluding carboxylic acids is 1. The number of anilines is 1. The number of methoxy groups -OCH3 is 1. The quantitative estimate of drug-likeness (QED) is 0.278. The number of hydrazone groups is 1. The lowest BCUT2D eigenvalue weighted by atomic mass is 10.2. The Bertz CT molecular complexity index is 926. The summed E-state index contributed by atoms with van der Waals surface area (Å²) in [6.45, 7) is 0. The topological polar surface area (TPSA) is 59.9 Å². The van der Waals surface area contributed by atoms with E-state index >= 15 is 0 Å². The molecule has 0 aliphatic rings. The van der Waals surface area contributed by atoms with Crippen molar-refractivity contribution in [3.63, 3.8) is 0 Å².